The zero-order valence-corrected chi connectivity index (χ0v) is 11.6. The average molecular weight is 239 g/mol. The third-order valence-electron chi connectivity index (χ3n) is 4.56. The van der Waals surface area contributed by atoms with Gasteiger partial charge in [-0.15, -0.1) is 0 Å². The van der Waals surface area contributed by atoms with Gasteiger partial charge in [-0.1, -0.05) is 13.8 Å². The second kappa shape index (κ2) is 6.19. The smallest absolute Gasteiger partial charge is 0.0575 e. The van der Waals surface area contributed by atoms with Crippen LogP contribution in [-0.4, -0.2) is 25.8 Å². The van der Waals surface area contributed by atoms with Crippen molar-refractivity contribution < 1.29 is 4.74 Å². The summed E-state index contributed by atoms with van der Waals surface area (Å²) in [5.41, 5.74) is 0.563. The van der Waals surface area contributed by atoms with Crippen LogP contribution in [0.3, 0.4) is 0 Å². The third kappa shape index (κ3) is 4.59. The maximum atomic E-state index is 6.05. The van der Waals surface area contributed by atoms with Crippen LogP contribution in [0.1, 0.15) is 58.8 Å². The summed E-state index contributed by atoms with van der Waals surface area (Å²) in [4.78, 5) is 0. The van der Waals surface area contributed by atoms with Crippen molar-refractivity contribution in [2.45, 2.75) is 64.9 Å². The molecule has 1 aliphatic heterocycles. The van der Waals surface area contributed by atoms with Gasteiger partial charge in [0.05, 0.1) is 6.10 Å². The van der Waals surface area contributed by atoms with E-state index in [1.807, 2.05) is 0 Å². The van der Waals surface area contributed by atoms with Gasteiger partial charge in [0.2, 0.25) is 0 Å². The summed E-state index contributed by atoms with van der Waals surface area (Å²) in [5.74, 6) is 0.865. The van der Waals surface area contributed by atoms with Gasteiger partial charge < -0.3 is 10.1 Å². The molecule has 1 unspecified atom stereocenters. The van der Waals surface area contributed by atoms with E-state index in [2.05, 4.69) is 19.2 Å². The van der Waals surface area contributed by atoms with Gasteiger partial charge in [0.25, 0.3) is 0 Å². The van der Waals surface area contributed by atoms with Crippen molar-refractivity contribution in [2.75, 3.05) is 19.7 Å². The van der Waals surface area contributed by atoms with E-state index in [-0.39, 0.29) is 0 Å². The fourth-order valence-electron chi connectivity index (χ4n) is 3.11. The molecule has 2 aliphatic rings. The SMILES string of the molecule is CC1(C)CCC(OCCC2CCCNC2)CC1. The molecule has 0 spiro atoms. The van der Waals surface area contributed by atoms with Crippen LogP contribution in [0, 0.1) is 11.3 Å². The highest BCUT2D eigenvalue weighted by Gasteiger charge is 2.27. The van der Waals surface area contributed by atoms with Crippen LogP contribution in [0.15, 0.2) is 0 Å². The van der Waals surface area contributed by atoms with E-state index < -0.39 is 0 Å². The summed E-state index contributed by atoms with van der Waals surface area (Å²) in [5, 5.41) is 3.48. The van der Waals surface area contributed by atoms with Crippen LogP contribution < -0.4 is 5.32 Å². The summed E-state index contributed by atoms with van der Waals surface area (Å²) >= 11 is 0. The van der Waals surface area contributed by atoms with E-state index in [0.717, 1.165) is 12.5 Å². The first-order valence-electron chi connectivity index (χ1n) is 7.48. The Morgan fingerprint density at radius 3 is 2.59 bits per heavy atom. The number of rotatable bonds is 4. The van der Waals surface area contributed by atoms with Crippen molar-refractivity contribution >= 4 is 0 Å². The second-order valence-corrected chi connectivity index (χ2v) is 6.74. The standard InChI is InChI=1S/C15H29NO/c1-15(2)8-5-14(6-9-15)17-11-7-13-4-3-10-16-12-13/h13-14,16H,3-12H2,1-2H3. The van der Waals surface area contributed by atoms with Crippen molar-refractivity contribution in [1.82, 2.24) is 5.32 Å². The lowest BCUT2D eigenvalue weighted by Crippen LogP contribution is -2.31. The van der Waals surface area contributed by atoms with Crippen molar-refractivity contribution in [1.29, 1.82) is 0 Å². The predicted octanol–water partition coefficient (Wildman–Crippen LogP) is 3.36. The molecule has 2 fully saturated rings. The van der Waals surface area contributed by atoms with Crippen LogP contribution in [0.5, 0.6) is 0 Å². The topological polar surface area (TPSA) is 21.3 Å². The first-order valence-corrected chi connectivity index (χ1v) is 7.48. The van der Waals surface area contributed by atoms with E-state index in [1.54, 1.807) is 0 Å². The van der Waals surface area contributed by atoms with E-state index in [0.29, 0.717) is 11.5 Å². The Hall–Kier alpha value is -0.0800. The van der Waals surface area contributed by atoms with Crippen LogP contribution in [0.25, 0.3) is 0 Å². The van der Waals surface area contributed by atoms with Crippen LogP contribution in [-0.2, 0) is 4.74 Å². The molecule has 100 valence electrons. The molecule has 2 nitrogen and oxygen atoms in total. The van der Waals surface area contributed by atoms with Crippen molar-refractivity contribution in [2.24, 2.45) is 11.3 Å². The highest BCUT2D eigenvalue weighted by molar-refractivity contribution is 4.79. The number of hydrogen-bond acceptors (Lipinski definition) is 2. The van der Waals surface area contributed by atoms with Gasteiger partial charge in [-0.3, -0.25) is 0 Å². The highest BCUT2D eigenvalue weighted by atomic mass is 16.5. The zero-order chi connectivity index (χ0) is 12.1. The number of piperidine rings is 1. The van der Waals surface area contributed by atoms with Gasteiger partial charge in [0.15, 0.2) is 0 Å². The summed E-state index contributed by atoms with van der Waals surface area (Å²) in [6.45, 7) is 8.18. The molecule has 2 rings (SSSR count). The minimum absolute atomic E-state index is 0.555. The first-order chi connectivity index (χ1) is 8.16. The number of nitrogens with one attached hydrogen (secondary N) is 1. The molecule has 1 N–H and O–H groups in total. The Morgan fingerprint density at radius 2 is 1.94 bits per heavy atom. The molecule has 0 amide bonds. The maximum Gasteiger partial charge on any atom is 0.0575 e. The van der Waals surface area contributed by atoms with Crippen LogP contribution in [0.2, 0.25) is 0 Å². The Morgan fingerprint density at radius 1 is 1.18 bits per heavy atom. The fourth-order valence-corrected chi connectivity index (χ4v) is 3.11. The maximum absolute atomic E-state index is 6.05. The molecule has 0 bridgehead atoms. The lowest BCUT2D eigenvalue weighted by atomic mass is 9.76. The van der Waals surface area contributed by atoms with Crippen molar-refractivity contribution in [3.63, 3.8) is 0 Å². The van der Waals surface area contributed by atoms with Gasteiger partial charge in [0, 0.05) is 6.61 Å². The molecule has 0 aromatic carbocycles. The fraction of sp³-hybridized carbons (Fsp3) is 1.00. The zero-order valence-electron chi connectivity index (χ0n) is 11.6. The molecule has 0 aromatic heterocycles. The molecule has 1 atom stereocenters. The summed E-state index contributed by atoms with van der Waals surface area (Å²) in [6, 6.07) is 0. The normalized spacial score (nSPS) is 30.4. The molecular weight excluding hydrogens is 210 g/mol. The van der Waals surface area contributed by atoms with Crippen LogP contribution in [0.4, 0.5) is 0 Å². The molecule has 1 saturated heterocycles. The molecule has 1 heterocycles. The molecule has 0 radical (unpaired) electrons. The minimum atomic E-state index is 0.555. The molecule has 1 aliphatic carbocycles. The Kier molecular flexibility index (Phi) is 4.87. The summed E-state index contributed by atoms with van der Waals surface area (Å²) in [6.07, 6.45) is 9.78. The Labute approximate surface area is 107 Å². The van der Waals surface area contributed by atoms with Crippen molar-refractivity contribution in [3.8, 4) is 0 Å². The van der Waals surface area contributed by atoms with Gasteiger partial charge in [-0.2, -0.15) is 0 Å². The average Bonchev–Trinajstić information content (AvgIpc) is 2.33. The third-order valence-corrected chi connectivity index (χ3v) is 4.56. The Balaban J connectivity index is 1.56. The summed E-state index contributed by atoms with van der Waals surface area (Å²) < 4.78 is 6.05. The molecule has 1 saturated carbocycles. The lowest BCUT2D eigenvalue weighted by molar-refractivity contribution is -0.00206. The van der Waals surface area contributed by atoms with Gasteiger partial charge in [-0.05, 0) is 69.4 Å². The number of hydrogen-bond donors (Lipinski definition) is 1. The second-order valence-electron chi connectivity index (χ2n) is 6.74. The highest BCUT2D eigenvalue weighted by Crippen LogP contribution is 2.36. The minimum Gasteiger partial charge on any atom is -0.378 e. The van der Waals surface area contributed by atoms with E-state index in [9.17, 15) is 0 Å². The van der Waals surface area contributed by atoms with E-state index >= 15 is 0 Å². The Bertz CT molecular complexity index is 211. The molecule has 0 aromatic rings. The monoisotopic (exact) mass is 239 g/mol. The van der Waals surface area contributed by atoms with E-state index in [1.165, 1.54) is 58.0 Å². The molecule has 2 heteroatoms. The number of ether oxygens (including phenoxy) is 1. The van der Waals surface area contributed by atoms with Gasteiger partial charge >= 0.3 is 0 Å². The lowest BCUT2D eigenvalue weighted by Gasteiger charge is -2.34. The van der Waals surface area contributed by atoms with Crippen LogP contribution >= 0.6 is 0 Å². The first kappa shape index (κ1) is 13.4. The predicted molar refractivity (Wildman–Crippen MR) is 72.2 cm³/mol. The molecular formula is C15H29NO. The summed E-state index contributed by atoms with van der Waals surface area (Å²) in [7, 11) is 0. The largest absolute Gasteiger partial charge is 0.378 e. The molecule has 17 heavy (non-hydrogen) atoms. The van der Waals surface area contributed by atoms with E-state index in [4.69, 9.17) is 4.74 Å². The van der Waals surface area contributed by atoms with Crippen molar-refractivity contribution in [3.05, 3.63) is 0 Å². The van der Waals surface area contributed by atoms with Gasteiger partial charge in [-0.25, -0.2) is 0 Å². The van der Waals surface area contributed by atoms with Gasteiger partial charge in [0.1, 0.15) is 0 Å². The quantitative estimate of drug-likeness (QED) is 0.812.